The van der Waals surface area contributed by atoms with Gasteiger partial charge >= 0.3 is 0 Å². The van der Waals surface area contributed by atoms with Crippen LogP contribution in [0.25, 0.3) is 16.6 Å². The second-order valence-corrected chi connectivity index (χ2v) is 5.65. The fourth-order valence-electron chi connectivity index (χ4n) is 2.54. The average molecular weight is 347 g/mol. The van der Waals surface area contributed by atoms with Crippen molar-refractivity contribution in [2.75, 3.05) is 5.32 Å². The zero-order valence-electron chi connectivity index (χ0n) is 13.7. The maximum atomic E-state index is 12.4. The van der Waals surface area contributed by atoms with Crippen molar-refractivity contribution in [3.63, 3.8) is 0 Å². The van der Waals surface area contributed by atoms with Crippen molar-refractivity contribution in [3.05, 3.63) is 71.0 Å². The molecule has 2 aromatic carbocycles. The van der Waals surface area contributed by atoms with E-state index in [9.17, 15) is 9.59 Å². The van der Waals surface area contributed by atoms with Crippen LogP contribution in [0.15, 0.2) is 59.9 Å². The number of nitrogens with zero attached hydrogens (tertiary/aromatic N) is 6. The van der Waals surface area contributed by atoms with Crippen molar-refractivity contribution in [2.24, 2.45) is 7.05 Å². The number of carbonyl (C=O) groups excluding carboxylic acids is 1. The summed E-state index contributed by atoms with van der Waals surface area (Å²) in [6.45, 7) is 0. The molecule has 128 valence electrons. The minimum absolute atomic E-state index is 0.170. The van der Waals surface area contributed by atoms with Crippen LogP contribution in [0.1, 0.15) is 10.4 Å². The third kappa shape index (κ3) is 2.81. The summed E-state index contributed by atoms with van der Waals surface area (Å²) in [6.07, 6.45) is 2.94. The fraction of sp³-hybridized carbons (Fsp3) is 0.0588. The van der Waals surface area contributed by atoms with Crippen LogP contribution in [0.5, 0.6) is 0 Å². The quantitative estimate of drug-likeness (QED) is 0.596. The van der Waals surface area contributed by atoms with Gasteiger partial charge in [0.05, 0.1) is 22.9 Å². The number of carbonyl (C=O) groups is 1. The van der Waals surface area contributed by atoms with Crippen molar-refractivity contribution >= 4 is 22.5 Å². The molecule has 2 aromatic heterocycles. The number of fused-ring (bicyclic) bond motifs is 1. The number of rotatable bonds is 3. The fourth-order valence-corrected chi connectivity index (χ4v) is 2.54. The molecule has 0 radical (unpaired) electrons. The molecule has 4 aromatic rings. The van der Waals surface area contributed by atoms with Gasteiger partial charge in [0.2, 0.25) is 0 Å². The monoisotopic (exact) mass is 347 g/mol. The molecule has 0 fully saturated rings. The van der Waals surface area contributed by atoms with E-state index in [0.29, 0.717) is 22.2 Å². The van der Waals surface area contributed by atoms with Crippen molar-refractivity contribution in [3.8, 4) is 5.69 Å². The Bertz CT molecular complexity index is 1150. The van der Waals surface area contributed by atoms with Gasteiger partial charge in [-0.1, -0.05) is 0 Å². The molecule has 0 bridgehead atoms. The molecule has 0 aliphatic rings. The Kier molecular flexibility index (Phi) is 3.73. The largest absolute Gasteiger partial charge is 0.322 e. The normalized spacial score (nSPS) is 10.8. The first-order valence-corrected chi connectivity index (χ1v) is 7.72. The number of anilines is 1. The standard InChI is InChI=1S/C17H13N7O2/c1-23-9-18-15-7-4-12(8-14(15)17(23)26)20-16(25)11-2-5-13(6-3-11)24-10-19-21-22-24/h2-10H,1H3,(H,20,25). The van der Waals surface area contributed by atoms with Crippen molar-refractivity contribution in [2.45, 2.75) is 0 Å². The Hall–Kier alpha value is -3.88. The summed E-state index contributed by atoms with van der Waals surface area (Å²) in [5.74, 6) is -0.284. The molecule has 0 aliphatic heterocycles. The molecule has 1 amide bonds. The molecule has 9 nitrogen and oxygen atoms in total. The van der Waals surface area contributed by atoms with E-state index in [2.05, 4.69) is 25.8 Å². The van der Waals surface area contributed by atoms with E-state index < -0.39 is 0 Å². The van der Waals surface area contributed by atoms with Crippen molar-refractivity contribution in [1.82, 2.24) is 29.8 Å². The van der Waals surface area contributed by atoms with Crippen LogP contribution in [0.3, 0.4) is 0 Å². The summed E-state index contributed by atoms with van der Waals surface area (Å²) in [5.41, 5.74) is 2.15. The maximum absolute atomic E-state index is 12.4. The molecule has 9 heteroatoms. The Morgan fingerprint density at radius 2 is 1.88 bits per heavy atom. The van der Waals surface area contributed by atoms with Crippen LogP contribution >= 0.6 is 0 Å². The van der Waals surface area contributed by atoms with Gasteiger partial charge in [-0.25, -0.2) is 9.67 Å². The molecule has 1 N–H and O–H groups in total. The smallest absolute Gasteiger partial charge is 0.260 e. The van der Waals surface area contributed by atoms with Gasteiger partial charge in [0, 0.05) is 18.3 Å². The van der Waals surface area contributed by atoms with Gasteiger partial charge in [-0.15, -0.1) is 5.10 Å². The van der Waals surface area contributed by atoms with Crippen LogP contribution < -0.4 is 10.9 Å². The van der Waals surface area contributed by atoms with Crippen LogP contribution in [-0.4, -0.2) is 35.7 Å². The topological polar surface area (TPSA) is 108 Å². The van der Waals surface area contributed by atoms with E-state index in [0.717, 1.165) is 5.69 Å². The maximum Gasteiger partial charge on any atom is 0.260 e. The molecule has 26 heavy (non-hydrogen) atoms. The number of amides is 1. The van der Waals surface area contributed by atoms with E-state index in [1.54, 1.807) is 49.5 Å². The highest BCUT2D eigenvalue weighted by molar-refractivity contribution is 6.05. The third-order valence-electron chi connectivity index (χ3n) is 3.92. The van der Waals surface area contributed by atoms with E-state index in [1.807, 2.05) is 0 Å². The number of aryl methyl sites for hydroxylation is 1. The number of hydrogen-bond acceptors (Lipinski definition) is 6. The lowest BCUT2D eigenvalue weighted by Gasteiger charge is -2.07. The molecular formula is C17H13N7O2. The molecule has 0 spiro atoms. The van der Waals surface area contributed by atoms with E-state index >= 15 is 0 Å². The summed E-state index contributed by atoms with van der Waals surface area (Å²) >= 11 is 0. The molecule has 0 unspecified atom stereocenters. The number of nitrogens with one attached hydrogen (secondary N) is 1. The van der Waals surface area contributed by atoms with Crippen LogP contribution in [-0.2, 0) is 7.05 Å². The lowest BCUT2D eigenvalue weighted by atomic mass is 10.1. The third-order valence-corrected chi connectivity index (χ3v) is 3.92. The van der Waals surface area contributed by atoms with Gasteiger partial charge in [0.15, 0.2) is 0 Å². The first kappa shape index (κ1) is 15.6. The second kappa shape index (κ2) is 6.20. The summed E-state index contributed by atoms with van der Waals surface area (Å²) in [7, 11) is 1.63. The Balaban J connectivity index is 1.59. The molecular weight excluding hydrogens is 334 g/mol. The number of tetrazole rings is 1. The molecule has 0 aliphatic carbocycles. The highest BCUT2D eigenvalue weighted by Crippen LogP contribution is 2.16. The lowest BCUT2D eigenvalue weighted by Crippen LogP contribution is -2.17. The van der Waals surface area contributed by atoms with Gasteiger partial charge < -0.3 is 9.88 Å². The zero-order valence-corrected chi connectivity index (χ0v) is 13.7. The predicted molar refractivity (Wildman–Crippen MR) is 94.1 cm³/mol. The van der Waals surface area contributed by atoms with Crippen LogP contribution in [0.2, 0.25) is 0 Å². The number of benzene rings is 2. The first-order valence-electron chi connectivity index (χ1n) is 7.72. The number of hydrogen-bond donors (Lipinski definition) is 1. The lowest BCUT2D eigenvalue weighted by molar-refractivity contribution is 0.102. The summed E-state index contributed by atoms with van der Waals surface area (Å²) in [5, 5.41) is 14.2. The first-order chi connectivity index (χ1) is 12.6. The Labute approximate surface area is 146 Å². The van der Waals surface area contributed by atoms with Gasteiger partial charge in [0.1, 0.15) is 6.33 Å². The van der Waals surface area contributed by atoms with E-state index in [-0.39, 0.29) is 11.5 Å². The zero-order chi connectivity index (χ0) is 18.1. The van der Waals surface area contributed by atoms with Crippen molar-refractivity contribution < 1.29 is 4.79 Å². The minimum atomic E-state index is -0.284. The van der Waals surface area contributed by atoms with E-state index in [4.69, 9.17) is 0 Å². The van der Waals surface area contributed by atoms with Crippen LogP contribution in [0, 0.1) is 0 Å². The number of aromatic nitrogens is 6. The highest BCUT2D eigenvalue weighted by atomic mass is 16.1. The van der Waals surface area contributed by atoms with Gasteiger partial charge in [0.25, 0.3) is 11.5 Å². The highest BCUT2D eigenvalue weighted by Gasteiger charge is 2.09. The SMILES string of the molecule is Cn1cnc2ccc(NC(=O)c3ccc(-n4cnnn4)cc3)cc2c1=O. The average Bonchev–Trinajstić information content (AvgIpc) is 3.20. The van der Waals surface area contributed by atoms with Crippen LogP contribution in [0.4, 0.5) is 5.69 Å². The predicted octanol–water partition coefficient (Wildman–Crippen LogP) is 1.16. The Morgan fingerprint density at radius 1 is 1.08 bits per heavy atom. The molecule has 0 atom stereocenters. The minimum Gasteiger partial charge on any atom is -0.322 e. The molecule has 0 saturated carbocycles. The second-order valence-electron chi connectivity index (χ2n) is 5.65. The van der Waals surface area contributed by atoms with Crippen molar-refractivity contribution in [1.29, 1.82) is 0 Å². The summed E-state index contributed by atoms with van der Waals surface area (Å²) in [4.78, 5) is 28.8. The van der Waals surface area contributed by atoms with E-state index in [1.165, 1.54) is 21.9 Å². The van der Waals surface area contributed by atoms with Gasteiger partial charge in [-0.05, 0) is 52.9 Å². The van der Waals surface area contributed by atoms with Gasteiger partial charge in [-0.2, -0.15) is 0 Å². The summed E-state index contributed by atoms with van der Waals surface area (Å²) in [6, 6.07) is 11.9. The van der Waals surface area contributed by atoms with Gasteiger partial charge in [-0.3, -0.25) is 9.59 Å². The summed E-state index contributed by atoms with van der Waals surface area (Å²) < 4.78 is 2.89. The molecule has 4 rings (SSSR count). The molecule has 2 heterocycles. The Morgan fingerprint density at radius 3 is 2.62 bits per heavy atom. The molecule has 0 saturated heterocycles.